The number of hydrogen-bond donors (Lipinski definition) is 2. The van der Waals surface area contributed by atoms with Crippen molar-refractivity contribution in [3.63, 3.8) is 0 Å². The molecule has 0 aliphatic heterocycles. The zero-order chi connectivity index (χ0) is 10.6. The Morgan fingerprint density at radius 2 is 1.79 bits per heavy atom. The van der Waals surface area contributed by atoms with Crippen LogP contribution >= 0.6 is 0 Å². The quantitative estimate of drug-likeness (QED) is 0.500. The van der Waals surface area contributed by atoms with Crippen LogP contribution in [0, 0.1) is 0 Å². The van der Waals surface area contributed by atoms with Crippen molar-refractivity contribution in [1.82, 2.24) is 10.6 Å². The molecule has 2 N–H and O–H groups in total. The molecule has 0 fully saturated rings. The third-order valence-corrected chi connectivity index (χ3v) is 1.96. The maximum absolute atomic E-state index is 5.21. The first-order valence-corrected chi connectivity index (χ1v) is 5.28. The van der Waals surface area contributed by atoms with E-state index in [2.05, 4.69) is 17.6 Å². The molecule has 0 aromatic rings. The molecule has 4 heteroatoms. The Balaban J connectivity index is 3.15. The van der Waals surface area contributed by atoms with Crippen LogP contribution in [0.1, 0.15) is 13.3 Å². The fourth-order valence-electron chi connectivity index (χ4n) is 1.14. The molecule has 0 spiro atoms. The molecule has 0 bridgehead atoms. The molecule has 0 radical (unpaired) electrons. The number of methoxy groups -OCH3 is 2. The maximum atomic E-state index is 5.21. The van der Waals surface area contributed by atoms with Crippen molar-refractivity contribution in [2.75, 3.05) is 47.0 Å². The van der Waals surface area contributed by atoms with Crippen LogP contribution in [0.25, 0.3) is 0 Å². The molecule has 0 aromatic heterocycles. The molecular weight excluding hydrogens is 180 g/mol. The van der Waals surface area contributed by atoms with Gasteiger partial charge in [0.25, 0.3) is 0 Å². The van der Waals surface area contributed by atoms with E-state index in [0.717, 1.165) is 26.2 Å². The van der Waals surface area contributed by atoms with E-state index < -0.39 is 0 Å². The molecule has 0 saturated heterocycles. The van der Waals surface area contributed by atoms with Gasteiger partial charge in [0, 0.05) is 33.9 Å². The third kappa shape index (κ3) is 8.44. The highest BCUT2D eigenvalue weighted by atomic mass is 16.5. The molecule has 4 nitrogen and oxygen atoms in total. The van der Waals surface area contributed by atoms with Gasteiger partial charge in [-0.1, -0.05) is 6.92 Å². The van der Waals surface area contributed by atoms with Crippen LogP contribution in [0.5, 0.6) is 0 Å². The largest absolute Gasteiger partial charge is 0.382 e. The first-order valence-electron chi connectivity index (χ1n) is 5.28. The molecule has 0 aliphatic carbocycles. The molecule has 86 valence electrons. The number of nitrogens with one attached hydrogen (secondary N) is 2. The van der Waals surface area contributed by atoms with Crippen molar-refractivity contribution < 1.29 is 9.47 Å². The van der Waals surface area contributed by atoms with Crippen molar-refractivity contribution in [3.05, 3.63) is 0 Å². The van der Waals surface area contributed by atoms with Crippen LogP contribution in [0.2, 0.25) is 0 Å². The Morgan fingerprint density at radius 1 is 1.07 bits per heavy atom. The van der Waals surface area contributed by atoms with Crippen molar-refractivity contribution >= 4 is 0 Å². The number of rotatable bonds is 10. The Labute approximate surface area is 87.4 Å². The summed E-state index contributed by atoms with van der Waals surface area (Å²) in [4.78, 5) is 0. The van der Waals surface area contributed by atoms with Crippen molar-refractivity contribution in [1.29, 1.82) is 0 Å². The summed E-state index contributed by atoms with van der Waals surface area (Å²) in [5.41, 5.74) is 0. The summed E-state index contributed by atoms with van der Waals surface area (Å²) in [7, 11) is 3.40. The standard InChI is InChI=1S/C10H24N2O2/c1-4-5-11-6-7-12-8-10(14-3)9-13-2/h10-12H,4-9H2,1-3H3. The summed E-state index contributed by atoms with van der Waals surface area (Å²) in [6, 6.07) is 0. The summed E-state index contributed by atoms with van der Waals surface area (Å²) in [6.45, 7) is 6.73. The molecular formula is C10H24N2O2. The second kappa shape index (κ2) is 10.9. The topological polar surface area (TPSA) is 42.5 Å². The lowest BCUT2D eigenvalue weighted by Gasteiger charge is -2.14. The highest BCUT2D eigenvalue weighted by molar-refractivity contribution is 4.60. The Morgan fingerprint density at radius 3 is 2.36 bits per heavy atom. The Kier molecular flexibility index (Phi) is 10.8. The molecule has 0 saturated carbocycles. The Bertz CT molecular complexity index is 112. The first-order chi connectivity index (χ1) is 6.85. The van der Waals surface area contributed by atoms with E-state index in [0.29, 0.717) is 6.61 Å². The number of hydrogen-bond acceptors (Lipinski definition) is 4. The fourth-order valence-corrected chi connectivity index (χ4v) is 1.14. The fraction of sp³-hybridized carbons (Fsp3) is 1.00. The predicted molar refractivity (Wildman–Crippen MR) is 58.7 cm³/mol. The van der Waals surface area contributed by atoms with Gasteiger partial charge in [0.05, 0.1) is 12.7 Å². The third-order valence-electron chi connectivity index (χ3n) is 1.96. The van der Waals surface area contributed by atoms with E-state index in [-0.39, 0.29) is 6.10 Å². The van der Waals surface area contributed by atoms with Gasteiger partial charge in [-0.05, 0) is 13.0 Å². The van der Waals surface area contributed by atoms with Crippen LogP contribution < -0.4 is 10.6 Å². The second-order valence-corrected chi connectivity index (χ2v) is 3.27. The summed E-state index contributed by atoms with van der Waals surface area (Å²) >= 11 is 0. The van der Waals surface area contributed by atoms with Gasteiger partial charge in [-0.3, -0.25) is 0 Å². The minimum absolute atomic E-state index is 0.158. The molecule has 0 heterocycles. The summed E-state index contributed by atoms with van der Waals surface area (Å²) in [6.07, 6.45) is 1.34. The zero-order valence-electron chi connectivity index (χ0n) is 9.64. The van der Waals surface area contributed by atoms with Crippen LogP contribution in [0.15, 0.2) is 0 Å². The average molecular weight is 204 g/mol. The van der Waals surface area contributed by atoms with E-state index in [1.807, 2.05) is 0 Å². The molecule has 1 unspecified atom stereocenters. The van der Waals surface area contributed by atoms with E-state index in [9.17, 15) is 0 Å². The normalized spacial score (nSPS) is 13.1. The highest BCUT2D eigenvalue weighted by Gasteiger charge is 2.04. The van der Waals surface area contributed by atoms with Crippen LogP contribution in [0.4, 0.5) is 0 Å². The van der Waals surface area contributed by atoms with Gasteiger partial charge in [0.2, 0.25) is 0 Å². The second-order valence-electron chi connectivity index (χ2n) is 3.27. The Hall–Kier alpha value is -0.160. The van der Waals surface area contributed by atoms with Gasteiger partial charge in [0.1, 0.15) is 0 Å². The van der Waals surface area contributed by atoms with E-state index in [1.54, 1.807) is 14.2 Å². The summed E-state index contributed by atoms with van der Waals surface area (Å²) in [5.74, 6) is 0. The molecule has 0 rings (SSSR count). The summed E-state index contributed by atoms with van der Waals surface area (Å²) < 4.78 is 10.2. The SMILES string of the molecule is CCCNCCNCC(COC)OC. The van der Waals surface area contributed by atoms with E-state index >= 15 is 0 Å². The number of ether oxygens (including phenoxy) is 2. The first kappa shape index (κ1) is 13.8. The molecule has 14 heavy (non-hydrogen) atoms. The van der Waals surface area contributed by atoms with Crippen molar-refractivity contribution in [3.8, 4) is 0 Å². The van der Waals surface area contributed by atoms with Crippen molar-refractivity contribution in [2.24, 2.45) is 0 Å². The lowest BCUT2D eigenvalue weighted by Crippen LogP contribution is -2.35. The summed E-state index contributed by atoms with van der Waals surface area (Å²) in [5, 5.41) is 6.64. The zero-order valence-corrected chi connectivity index (χ0v) is 9.64. The molecule has 1 atom stereocenters. The van der Waals surface area contributed by atoms with Crippen LogP contribution in [-0.2, 0) is 9.47 Å². The minimum Gasteiger partial charge on any atom is -0.382 e. The minimum atomic E-state index is 0.158. The van der Waals surface area contributed by atoms with E-state index in [4.69, 9.17) is 9.47 Å². The monoisotopic (exact) mass is 204 g/mol. The van der Waals surface area contributed by atoms with Gasteiger partial charge in [-0.25, -0.2) is 0 Å². The van der Waals surface area contributed by atoms with Gasteiger partial charge in [-0.15, -0.1) is 0 Å². The van der Waals surface area contributed by atoms with Gasteiger partial charge in [0.15, 0.2) is 0 Å². The van der Waals surface area contributed by atoms with Gasteiger partial charge < -0.3 is 20.1 Å². The maximum Gasteiger partial charge on any atom is 0.0928 e. The van der Waals surface area contributed by atoms with Gasteiger partial charge >= 0.3 is 0 Å². The highest BCUT2D eigenvalue weighted by Crippen LogP contribution is 1.87. The average Bonchev–Trinajstić information content (AvgIpc) is 2.21. The molecule has 0 amide bonds. The molecule has 0 aliphatic rings. The molecule has 0 aromatic carbocycles. The van der Waals surface area contributed by atoms with Crippen LogP contribution in [-0.4, -0.2) is 53.1 Å². The predicted octanol–water partition coefficient (Wildman–Crippen LogP) is 0.237. The van der Waals surface area contributed by atoms with Gasteiger partial charge in [-0.2, -0.15) is 0 Å². The van der Waals surface area contributed by atoms with Crippen molar-refractivity contribution in [2.45, 2.75) is 19.4 Å². The lowest BCUT2D eigenvalue weighted by atomic mass is 10.3. The van der Waals surface area contributed by atoms with Crippen LogP contribution in [0.3, 0.4) is 0 Å². The smallest absolute Gasteiger partial charge is 0.0928 e. The van der Waals surface area contributed by atoms with E-state index in [1.165, 1.54) is 6.42 Å². The lowest BCUT2D eigenvalue weighted by molar-refractivity contribution is 0.0291.